The number of carbonyl (C=O) groups is 1. The summed E-state index contributed by atoms with van der Waals surface area (Å²) in [7, 11) is 0. The van der Waals surface area contributed by atoms with E-state index in [9.17, 15) is 4.79 Å². The quantitative estimate of drug-likeness (QED) is 0.841. The Morgan fingerprint density at radius 3 is 2.85 bits per heavy atom. The number of rotatable bonds is 3. The number of anilines is 1. The van der Waals surface area contributed by atoms with Crippen LogP contribution < -0.4 is 4.90 Å². The van der Waals surface area contributed by atoms with Crippen molar-refractivity contribution in [1.82, 2.24) is 0 Å². The van der Waals surface area contributed by atoms with Gasteiger partial charge in [-0.2, -0.15) is 0 Å². The first-order valence-electron chi connectivity index (χ1n) is 6.96. The van der Waals surface area contributed by atoms with Gasteiger partial charge in [0.05, 0.1) is 0 Å². The van der Waals surface area contributed by atoms with E-state index in [1.807, 2.05) is 6.07 Å². The largest absolute Gasteiger partial charge is 0.478 e. The minimum absolute atomic E-state index is 0.538. The molecule has 4 heteroatoms. The van der Waals surface area contributed by atoms with Crippen molar-refractivity contribution in [2.24, 2.45) is 5.92 Å². The van der Waals surface area contributed by atoms with Gasteiger partial charge < -0.3 is 10.0 Å². The fraction of sp³-hybridized carbons (Fsp3) is 0.438. The van der Waals surface area contributed by atoms with Gasteiger partial charge in [0.2, 0.25) is 0 Å². The fourth-order valence-electron chi connectivity index (χ4n) is 2.69. The Balaban J connectivity index is 2.22. The smallest absolute Gasteiger partial charge is 0.328 e. The summed E-state index contributed by atoms with van der Waals surface area (Å²) in [6, 6.07) is 6.65. The molecular weight excluding hydrogens is 318 g/mol. The Bertz CT molecular complexity index is 527. The van der Waals surface area contributed by atoms with Gasteiger partial charge in [0.25, 0.3) is 0 Å². The maximum Gasteiger partial charge on any atom is 0.328 e. The summed E-state index contributed by atoms with van der Waals surface area (Å²) in [5, 5.41) is 8.68. The molecule has 20 heavy (non-hydrogen) atoms. The van der Waals surface area contributed by atoms with Crippen LogP contribution in [0.2, 0.25) is 0 Å². The first-order valence-corrected chi connectivity index (χ1v) is 7.75. The van der Waals surface area contributed by atoms with Crippen molar-refractivity contribution < 1.29 is 9.90 Å². The summed E-state index contributed by atoms with van der Waals surface area (Å²) < 4.78 is 0.929. The van der Waals surface area contributed by atoms with Crippen LogP contribution in [0.4, 0.5) is 5.69 Å². The third-order valence-electron chi connectivity index (χ3n) is 4.09. The molecule has 1 aliphatic heterocycles. The molecule has 108 valence electrons. The lowest BCUT2D eigenvalue weighted by atomic mass is 9.91. The normalized spacial score (nSPS) is 23.2. The summed E-state index contributed by atoms with van der Waals surface area (Å²) in [5.41, 5.74) is 2.08. The van der Waals surface area contributed by atoms with Gasteiger partial charge in [0.1, 0.15) is 0 Å². The number of carboxylic acids is 1. The molecule has 0 saturated carbocycles. The van der Waals surface area contributed by atoms with Gasteiger partial charge in [0, 0.05) is 28.8 Å². The lowest BCUT2D eigenvalue weighted by Gasteiger charge is -2.39. The van der Waals surface area contributed by atoms with Crippen LogP contribution in [0.5, 0.6) is 0 Å². The first-order chi connectivity index (χ1) is 9.49. The van der Waals surface area contributed by atoms with E-state index in [1.165, 1.54) is 18.5 Å². The van der Waals surface area contributed by atoms with Crippen molar-refractivity contribution in [3.8, 4) is 0 Å². The van der Waals surface area contributed by atoms with E-state index in [4.69, 9.17) is 5.11 Å². The van der Waals surface area contributed by atoms with Crippen molar-refractivity contribution in [3.05, 3.63) is 34.3 Å². The number of nitrogens with zero attached hydrogens (tertiary/aromatic N) is 1. The van der Waals surface area contributed by atoms with Gasteiger partial charge in [-0.05, 0) is 49.5 Å². The van der Waals surface area contributed by atoms with E-state index in [-0.39, 0.29) is 0 Å². The summed E-state index contributed by atoms with van der Waals surface area (Å²) >= 11 is 3.53. The van der Waals surface area contributed by atoms with Gasteiger partial charge in [-0.3, -0.25) is 0 Å². The molecule has 1 saturated heterocycles. The molecule has 1 heterocycles. The molecule has 0 spiro atoms. The van der Waals surface area contributed by atoms with Gasteiger partial charge in [-0.1, -0.05) is 28.9 Å². The van der Waals surface area contributed by atoms with E-state index in [0.29, 0.717) is 12.0 Å². The van der Waals surface area contributed by atoms with Crippen LogP contribution in [0.1, 0.15) is 32.3 Å². The van der Waals surface area contributed by atoms with Crippen LogP contribution in [0, 0.1) is 5.92 Å². The number of hydrogen-bond donors (Lipinski definition) is 1. The second kappa shape index (κ2) is 6.44. The SMILES string of the molecule is CC1CCCN(c2ccc(/C=C/C(=O)O)c(Br)c2)C1C. The topological polar surface area (TPSA) is 40.5 Å². The Hall–Kier alpha value is -1.29. The van der Waals surface area contributed by atoms with Crippen molar-refractivity contribution in [1.29, 1.82) is 0 Å². The lowest BCUT2D eigenvalue weighted by molar-refractivity contribution is -0.131. The second-order valence-electron chi connectivity index (χ2n) is 5.43. The highest BCUT2D eigenvalue weighted by molar-refractivity contribution is 9.10. The fourth-order valence-corrected chi connectivity index (χ4v) is 3.19. The summed E-state index contributed by atoms with van der Waals surface area (Å²) in [6.45, 7) is 5.66. The minimum Gasteiger partial charge on any atom is -0.478 e. The molecule has 2 unspecified atom stereocenters. The van der Waals surface area contributed by atoms with Gasteiger partial charge in [0.15, 0.2) is 0 Å². The van der Waals surface area contributed by atoms with E-state index in [0.717, 1.165) is 22.7 Å². The Morgan fingerprint density at radius 2 is 2.20 bits per heavy atom. The predicted molar refractivity (Wildman–Crippen MR) is 86.0 cm³/mol. The summed E-state index contributed by atoms with van der Waals surface area (Å²) in [5.74, 6) is -0.228. The average molecular weight is 338 g/mol. The molecule has 0 bridgehead atoms. The molecule has 2 rings (SSSR count). The van der Waals surface area contributed by atoms with Crippen molar-refractivity contribution in [3.63, 3.8) is 0 Å². The number of aliphatic carboxylic acids is 1. The molecule has 0 aliphatic carbocycles. The van der Waals surface area contributed by atoms with E-state index < -0.39 is 5.97 Å². The van der Waals surface area contributed by atoms with Gasteiger partial charge in [-0.25, -0.2) is 4.79 Å². The summed E-state index contributed by atoms with van der Waals surface area (Å²) in [6.07, 6.45) is 5.28. The van der Waals surface area contributed by atoms with Crippen molar-refractivity contribution in [2.75, 3.05) is 11.4 Å². The third-order valence-corrected chi connectivity index (χ3v) is 4.78. The molecule has 1 N–H and O–H groups in total. The van der Waals surface area contributed by atoms with Crippen LogP contribution in [0.25, 0.3) is 6.08 Å². The number of carboxylic acid groups (broad SMARTS) is 1. The zero-order valence-corrected chi connectivity index (χ0v) is 13.4. The van der Waals surface area contributed by atoms with Crippen molar-refractivity contribution in [2.45, 2.75) is 32.7 Å². The second-order valence-corrected chi connectivity index (χ2v) is 6.29. The number of benzene rings is 1. The number of hydrogen-bond acceptors (Lipinski definition) is 2. The molecule has 0 radical (unpaired) electrons. The monoisotopic (exact) mass is 337 g/mol. The molecule has 0 aromatic heterocycles. The Kier molecular flexibility index (Phi) is 4.86. The third kappa shape index (κ3) is 3.42. The van der Waals surface area contributed by atoms with E-state index >= 15 is 0 Å². The zero-order chi connectivity index (χ0) is 14.7. The maximum atomic E-state index is 10.6. The molecular formula is C16H20BrNO2. The highest BCUT2D eigenvalue weighted by Crippen LogP contribution is 2.31. The minimum atomic E-state index is -0.931. The Morgan fingerprint density at radius 1 is 1.45 bits per heavy atom. The molecule has 0 amide bonds. The summed E-state index contributed by atoms with van der Waals surface area (Å²) in [4.78, 5) is 13.0. The van der Waals surface area contributed by atoms with E-state index in [2.05, 4.69) is 46.8 Å². The van der Waals surface area contributed by atoms with Crippen LogP contribution in [0.15, 0.2) is 28.7 Å². The number of halogens is 1. The predicted octanol–water partition coefficient (Wildman–Crippen LogP) is 4.17. The maximum absolute atomic E-state index is 10.6. The van der Waals surface area contributed by atoms with Gasteiger partial charge >= 0.3 is 5.97 Å². The Labute approximate surface area is 128 Å². The van der Waals surface area contributed by atoms with Gasteiger partial charge in [-0.15, -0.1) is 0 Å². The lowest BCUT2D eigenvalue weighted by Crippen LogP contribution is -2.42. The molecule has 1 fully saturated rings. The van der Waals surface area contributed by atoms with Crippen molar-refractivity contribution >= 4 is 33.7 Å². The zero-order valence-electron chi connectivity index (χ0n) is 11.8. The highest BCUT2D eigenvalue weighted by atomic mass is 79.9. The van der Waals surface area contributed by atoms with Crippen LogP contribution in [-0.4, -0.2) is 23.7 Å². The van der Waals surface area contributed by atoms with E-state index in [1.54, 1.807) is 6.08 Å². The highest BCUT2D eigenvalue weighted by Gasteiger charge is 2.24. The molecule has 3 nitrogen and oxygen atoms in total. The molecule has 2 atom stereocenters. The van der Waals surface area contributed by atoms with Crippen LogP contribution >= 0.6 is 15.9 Å². The molecule has 1 aliphatic rings. The first kappa shape index (κ1) is 15.1. The standard InChI is InChI=1S/C16H20BrNO2/c1-11-4-3-9-18(12(11)2)14-7-5-13(15(17)10-14)6-8-16(19)20/h5-8,10-12H,3-4,9H2,1-2H3,(H,19,20)/b8-6+. The number of piperidine rings is 1. The van der Waals surface area contributed by atoms with Crippen LogP contribution in [-0.2, 0) is 4.79 Å². The molecule has 1 aromatic carbocycles. The van der Waals surface area contributed by atoms with Crippen LogP contribution in [0.3, 0.4) is 0 Å². The molecule has 1 aromatic rings. The average Bonchev–Trinajstić information content (AvgIpc) is 2.40.